The number of hydrazine groups is 1. The van der Waals surface area contributed by atoms with Crippen molar-refractivity contribution in [2.75, 3.05) is 5.43 Å². The molecule has 0 bridgehead atoms. The number of thiazole rings is 1. The number of nitrogens with two attached hydrogens (primary N) is 1. The number of anilines is 1. The van der Waals surface area contributed by atoms with Gasteiger partial charge in [-0.15, -0.1) is 0 Å². The van der Waals surface area contributed by atoms with Crippen molar-refractivity contribution in [3.8, 4) is 0 Å². The molecular weight excluding hydrogens is 226 g/mol. The summed E-state index contributed by atoms with van der Waals surface area (Å²) in [6.07, 6.45) is 1.72. The highest BCUT2D eigenvalue weighted by Crippen LogP contribution is 2.05. The highest BCUT2D eigenvalue weighted by atomic mass is 32.1. The van der Waals surface area contributed by atoms with Crippen molar-refractivity contribution < 1.29 is 0 Å². The lowest BCUT2D eigenvalue weighted by Crippen LogP contribution is -2.16. The van der Waals surface area contributed by atoms with Gasteiger partial charge in [-0.3, -0.25) is 9.36 Å². The molecule has 0 atom stereocenters. The van der Waals surface area contributed by atoms with Crippen LogP contribution in [0.3, 0.4) is 0 Å². The van der Waals surface area contributed by atoms with Gasteiger partial charge >= 0.3 is 4.87 Å². The molecule has 0 aromatic carbocycles. The quantitative estimate of drug-likeness (QED) is 0.594. The number of aryl methyl sites for hydroxylation is 1. The van der Waals surface area contributed by atoms with Crippen molar-refractivity contribution in [2.24, 2.45) is 5.84 Å². The molecule has 0 saturated carbocycles. The lowest BCUT2D eigenvalue weighted by atomic mass is 10.4. The molecule has 0 aliphatic rings. The summed E-state index contributed by atoms with van der Waals surface area (Å²) < 4.78 is 1.56. The molecule has 16 heavy (non-hydrogen) atoms. The molecule has 2 rings (SSSR count). The first-order valence-electron chi connectivity index (χ1n) is 4.64. The van der Waals surface area contributed by atoms with Gasteiger partial charge in [0.25, 0.3) is 0 Å². The predicted molar refractivity (Wildman–Crippen MR) is 62.3 cm³/mol. The Morgan fingerprint density at radius 2 is 2.38 bits per heavy atom. The summed E-state index contributed by atoms with van der Waals surface area (Å²) in [4.78, 5) is 19.7. The fourth-order valence-electron chi connectivity index (χ4n) is 1.33. The van der Waals surface area contributed by atoms with Crippen molar-refractivity contribution in [3.05, 3.63) is 38.8 Å². The van der Waals surface area contributed by atoms with Gasteiger partial charge < -0.3 is 5.43 Å². The number of nitrogens with zero attached hydrogens (tertiary/aromatic N) is 3. The van der Waals surface area contributed by atoms with E-state index in [2.05, 4.69) is 15.4 Å². The van der Waals surface area contributed by atoms with Gasteiger partial charge in [0.05, 0.1) is 6.54 Å². The molecule has 2 aromatic rings. The van der Waals surface area contributed by atoms with Crippen LogP contribution in [-0.2, 0) is 6.54 Å². The molecule has 2 aromatic heterocycles. The molecule has 0 fully saturated rings. The normalized spacial score (nSPS) is 10.4. The minimum absolute atomic E-state index is 0.0210. The first-order chi connectivity index (χ1) is 7.69. The van der Waals surface area contributed by atoms with Gasteiger partial charge in [-0.1, -0.05) is 11.3 Å². The molecule has 0 amide bonds. The smallest absolute Gasteiger partial charge is 0.307 e. The summed E-state index contributed by atoms with van der Waals surface area (Å²) in [7, 11) is 0. The number of aromatic nitrogens is 3. The molecule has 0 aliphatic heterocycles. The van der Waals surface area contributed by atoms with Crippen molar-refractivity contribution in [2.45, 2.75) is 13.5 Å². The van der Waals surface area contributed by atoms with Gasteiger partial charge in [0.1, 0.15) is 5.82 Å². The minimum atomic E-state index is -0.0210. The third kappa shape index (κ3) is 2.26. The summed E-state index contributed by atoms with van der Waals surface area (Å²) in [5.74, 6) is 6.39. The van der Waals surface area contributed by atoms with Crippen LogP contribution in [0.15, 0.2) is 22.4 Å². The van der Waals surface area contributed by atoms with Crippen LogP contribution in [0.1, 0.15) is 11.5 Å². The summed E-state index contributed by atoms with van der Waals surface area (Å²) in [5.41, 5.74) is 3.27. The van der Waals surface area contributed by atoms with E-state index in [4.69, 9.17) is 5.84 Å². The molecule has 0 unspecified atom stereocenters. The van der Waals surface area contributed by atoms with E-state index in [-0.39, 0.29) is 4.87 Å². The maximum atomic E-state index is 11.3. The zero-order chi connectivity index (χ0) is 11.5. The van der Waals surface area contributed by atoms with Crippen molar-refractivity contribution in [3.63, 3.8) is 0 Å². The third-order valence-electron chi connectivity index (χ3n) is 2.00. The Kier molecular flexibility index (Phi) is 2.97. The minimum Gasteiger partial charge on any atom is -0.308 e. The number of nitrogen functional groups attached to an aromatic ring is 1. The zero-order valence-corrected chi connectivity index (χ0v) is 9.49. The summed E-state index contributed by atoms with van der Waals surface area (Å²) >= 11 is 1.15. The van der Waals surface area contributed by atoms with Crippen LogP contribution in [-0.4, -0.2) is 14.5 Å². The van der Waals surface area contributed by atoms with E-state index in [1.54, 1.807) is 22.2 Å². The second-order valence-electron chi connectivity index (χ2n) is 3.25. The Bertz CT molecular complexity index is 547. The Balaban J connectivity index is 2.31. The Labute approximate surface area is 95.7 Å². The zero-order valence-electron chi connectivity index (χ0n) is 8.67. The summed E-state index contributed by atoms with van der Waals surface area (Å²) in [6.45, 7) is 2.21. The average molecular weight is 237 g/mol. The summed E-state index contributed by atoms with van der Waals surface area (Å²) in [5, 5.41) is 1.74. The van der Waals surface area contributed by atoms with E-state index < -0.39 is 0 Å². The second-order valence-corrected chi connectivity index (χ2v) is 4.11. The topological polar surface area (TPSA) is 85.8 Å². The molecule has 0 radical (unpaired) electrons. The molecule has 0 spiro atoms. The van der Waals surface area contributed by atoms with Crippen molar-refractivity contribution in [1.82, 2.24) is 14.5 Å². The largest absolute Gasteiger partial charge is 0.308 e. The van der Waals surface area contributed by atoms with Gasteiger partial charge in [-0.25, -0.2) is 15.8 Å². The first-order valence-corrected chi connectivity index (χ1v) is 5.52. The summed E-state index contributed by atoms with van der Waals surface area (Å²) in [6, 6.07) is 1.74. The molecule has 84 valence electrons. The molecule has 3 N–H and O–H groups in total. The van der Waals surface area contributed by atoms with Gasteiger partial charge in [0.2, 0.25) is 0 Å². The van der Waals surface area contributed by atoms with Crippen LogP contribution in [0, 0.1) is 6.92 Å². The van der Waals surface area contributed by atoms with Crippen molar-refractivity contribution in [1.29, 1.82) is 0 Å². The molecule has 2 heterocycles. The van der Waals surface area contributed by atoms with E-state index in [0.29, 0.717) is 18.2 Å². The van der Waals surface area contributed by atoms with E-state index >= 15 is 0 Å². The Morgan fingerprint density at radius 1 is 1.56 bits per heavy atom. The maximum absolute atomic E-state index is 11.3. The van der Waals surface area contributed by atoms with Crippen LogP contribution in [0.25, 0.3) is 0 Å². The Hall–Kier alpha value is -1.73. The number of rotatable bonds is 3. The fourth-order valence-corrected chi connectivity index (χ4v) is 1.92. The van der Waals surface area contributed by atoms with Crippen LogP contribution in [0.5, 0.6) is 0 Å². The number of hydrogen-bond donors (Lipinski definition) is 2. The molecule has 0 saturated heterocycles. The van der Waals surface area contributed by atoms with E-state index in [9.17, 15) is 4.79 Å². The third-order valence-corrected chi connectivity index (χ3v) is 2.70. The standard InChI is InChI=1S/C9H11N5OS/c1-6-4-7(13-10)12-8(11-6)5-14-2-3-16-9(14)15/h2-4H,5,10H2,1H3,(H,11,12,13). The second kappa shape index (κ2) is 4.42. The number of nitrogens with one attached hydrogen (secondary N) is 1. The SMILES string of the molecule is Cc1cc(NN)nc(Cn2ccsc2=O)n1. The van der Waals surface area contributed by atoms with Crippen LogP contribution >= 0.6 is 11.3 Å². The highest BCUT2D eigenvalue weighted by Gasteiger charge is 2.04. The van der Waals surface area contributed by atoms with Crippen LogP contribution in [0.4, 0.5) is 5.82 Å². The molecular formula is C9H11N5OS. The van der Waals surface area contributed by atoms with E-state index in [0.717, 1.165) is 17.0 Å². The highest BCUT2D eigenvalue weighted by molar-refractivity contribution is 7.07. The first kappa shape index (κ1) is 10.8. The van der Waals surface area contributed by atoms with Gasteiger partial charge in [0, 0.05) is 23.3 Å². The average Bonchev–Trinajstić information content (AvgIpc) is 2.63. The van der Waals surface area contributed by atoms with E-state index in [1.807, 2.05) is 6.92 Å². The Morgan fingerprint density at radius 3 is 3.00 bits per heavy atom. The fraction of sp³-hybridized carbons (Fsp3) is 0.222. The van der Waals surface area contributed by atoms with Crippen LogP contribution in [0.2, 0.25) is 0 Å². The van der Waals surface area contributed by atoms with Gasteiger partial charge in [-0.2, -0.15) is 0 Å². The lowest BCUT2D eigenvalue weighted by molar-refractivity contribution is 0.729. The number of hydrogen-bond acceptors (Lipinski definition) is 6. The lowest BCUT2D eigenvalue weighted by Gasteiger charge is -2.05. The monoisotopic (exact) mass is 237 g/mol. The molecule has 7 heteroatoms. The maximum Gasteiger partial charge on any atom is 0.307 e. The van der Waals surface area contributed by atoms with Crippen LogP contribution < -0.4 is 16.1 Å². The predicted octanol–water partition coefficient (Wildman–Crippen LogP) is 0.342. The molecule has 6 nitrogen and oxygen atoms in total. The van der Waals surface area contributed by atoms with Gasteiger partial charge in [0.15, 0.2) is 5.82 Å². The molecule has 0 aliphatic carbocycles. The van der Waals surface area contributed by atoms with Gasteiger partial charge in [-0.05, 0) is 6.92 Å². The van der Waals surface area contributed by atoms with Crippen molar-refractivity contribution >= 4 is 17.2 Å². The van der Waals surface area contributed by atoms with E-state index in [1.165, 1.54) is 0 Å².